The van der Waals surface area contributed by atoms with Crippen LogP contribution in [0.1, 0.15) is 73.3 Å². The molecule has 2 aromatic heterocycles. The monoisotopic (exact) mass is 414 g/mol. The molecule has 0 radical (unpaired) electrons. The van der Waals surface area contributed by atoms with E-state index in [0.29, 0.717) is 17.2 Å². The average Bonchev–Trinajstić information content (AvgIpc) is 3.55. The van der Waals surface area contributed by atoms with E-state index in [0.717, 1.165) is 42.3 Å². The first-order chi connectivity index (χ1) is 15.2. The molecule has 2 saturated carbocycles. The fourth-order valence-corrected chi connectivity index (χ4v) is 5.69. The number of aliphatic hydroxyl groups excluding tert-OH is 1. The lowest BCUT2D eigenvalue weighted by Crippen LogP contribution is -2.22. The lowest BCUT2D eigenvalue weighted by atomic mass is 9.74. The van der Waals surface area contributed by atoms with Gasteiger partial charge in [0.05, 0.1) is 29.8 Å². The Hall–Kier alpha value is -2.72. The van der Waals surface area contributed by atoms with Crippen molar-refractivity contribution in [2.45, 2.75) is 56.5 Å². The number of pyridine rings is 1. The predicted octanol–water partition coefficient (Wildman–Crippen LogP) is 6.51. The molecule has 0 saturated heterocycles. The molecule has 4 aromatic rings. The Morgan fingerprint density at radius 2 is 1.52 bits per heavy atom. The van der Waals surface area contributed by atoms with Crippen LogP contribution < -0.4 is 0 Å². The van der Waals surface area contributed by atoms with Gasteiger partial charge in [-0.05, 0) is 84.9 Å². The number of imidazole rings is 1. The van der Waals surface area contributed by atoms with E-state index in [1.54, 1.807) is 6.07 Å². The summed E-state index contributed by atoms with van der Waals surface area (Å²) in [4.78, 5) is 4.32. The third kappa shape index (κ3) is 3.25. The van der Waals surface area contributed by atoms with E-state index in [4.69, 9.17) is 0 Å². The standard InChI is InChI=1S/C27H27FN2O/c28-25-14-13-21(23-3-1-2-4-24(23)25)17-7-9-19(10-8-17)27(31)26-22(18-5-6-18)12-11-20-15-29-16-30(20)26/h1-4,11-19,27,31H,5-10H2. The number of aliphatic hydroxyl groups is 1. The molecule has 6 rings (SSSR count). The quantitative estimate of drug-likeness (QED) is 0.413. The molecule has 158 valence electrons. The van der Waals surface area contributed by atoms with Gasteiger partial charge in [-0.25, -0.2) is 9.37 Å². The summed E-state index contributed by atoms with van der Waals surface area (Å²) < 4.78 is 16.4. The van der Waals surface area contributed by atoms with Gasteiger partial charge in [0.15, 0.2) is 0 Å². The number of fused-ring (bicyclic) bond motifs is 2. The lowest BCUT2D eigenvalue weighted by Gasteiger charge is -2.33. The normalized spacial score (nSPS) is 22.8. The zero-order valence-electron chi connectivity index (χ0n) is 17.5. The van der Waals surface area contributed by atoms with Crippen LogP contribution in [-0.4, -0.2) is 14.5 Å². The second-order valence-corrected chi connectivity index (χ2v) is 9.38. The Labute approximate surface area is 181 Å². The first-order valence-corrected chi connectivity index (χ1v) is 11.5. The Balaban J connectivity index is 1.27. The first-order valence-electron chi connectivity index (χ1n) is 11.5. The third-order valence-electron chi connectivity index (χ3n) is 7.52. The molecule has 0 aliphatic heterocycles. The van der Waals surface area contributed by atoms with Gasteiger partial charge in [0.2, 0.25) is 0 Å². The molecule has 2 aromatic carbocycles. The summed E-state index contributed by atoms with van der Waals surface area (Å²) in [5, 5.41) is 13.2. The highest BCUT2D eigenvalue weighted by molar-refractivity contribution is 5.86. The van der Waals surface area contributed by atoms with E-state index >= 15 is 0 Å². The van der Waals surface area contributed by atoms with Crippen molar-refractivity contribution in [1.82, 2.24) is 9.38 Å². The van der Waals surface area contributed by atoms with Crippen LogP contribution in [0.3, 0.4) is 0 Å². The molecule has 0 amide bonds. The fourth-order valence-electron chi connectivity index (χ4n) is 5.69. The fraction of sp³-hybridized carbons (Fsp3) is 0.370. The van der Waals surface area contributed by atoms with Gasteiger partial charge < -0.3 is 9.51 Å². The molecule has 31 heavy (non-hydrogen) atoms. The molecule has 1 atom stereocenters. The van der Waals surface area contributed by atoms with E-state index in [1.165, 1.54) is 24.0 Å². The Morgan fingerprint density at radius 1 is 0.839 bits per heavy atom. The van der Waals surface area contributed by atoms with Crippen LogP contribution in [0, 0.1) is 11.7 Å². The summed E-state index contributed by atoms with van der Waals surface area (Å²) in [6.07, 6.45) is 9.67. The van der Waals surface area contributed by atoms with Crippen molar-refractivity contribution < 1.29 is 9.50 Å². The Bertz CT molecular complexity index is 1250. The highest BCUT2D eigenvalue weighted by Crippen LogP contribution is 2.47. The van der Waals surface area contributed by atoms with E-state index < -0.39 is 6.10 Å². The molecule has 1 unspecified atom stereocenters. The summed E-state index contributed by atoms with van der Waals surface area (Å²) in [5.41, 5.74) is 4.64. The van der Waals surface area contributed by atoms with E-state index in [2.05, 4.69) is 21.5 Å². The summed E-state index contributed by atoms with van der Waals surface area (Å²) in [7, 11) is 0. The molecular weight excluding hydrogens is 387 g/mol. The lowest BCUT2D eigenvalue weighted by molar-refractivity contribution is 0.0755. The van der Waals surface area contributed by atoms with Gasteiger partial charge in [0.1, 0.15) is 5.82 Å². The number of rotatable bonds is 4. The van der Waals surface area contributed by atoms with Gasteiger partial charge in [-0.3, -0.25) is 0 Å². The minimum Gasteiger partial charge on any atom is -0.387 e. The van der Waals surface area contributed by atoms with Crippen molar-refractivity contribution >= 4 is 16.3 Å². The number of halogens is 1. The van der Waals surface area contributed by atoms with Crippen LogP contribution in [-0.2, 0) is 0 Å². The molecular formula is C27H27FN2O. The largest absolute Gasteiger partial charge is 0.387 e. The Kier molecular flexibility index (Phi) is 4.57. The van der Waals surface area contributed by atoms with Crippen molar-refractivity contribution in [1.29, 1.82) is 0 Å². The van der Waals surface area contributed by atoms with Crippen molar-refractivity contribution in [3.63, 3.8) is 0 Å². The molecule has 1 N–H and O–H groups in total. The van der Waals surface area contributed by atoms with Crippen LogP contribution in [0.5, 0.6) is 0 Å². The highest BCUT2D eigenvalue weighted by atomic mass is 19.1. The van der Waals surface area contributed by atoms with Gasteiger partial charge in [-0.2, -0.15) is 0 Å². The third-order valence-corrected chi connectivity index (χ3v) is 7.52. The summed E-state index contributed by atoms with van der Waals surface area (Å²) >= 11 is 0. The molecule has 0 bridgehead atoms. The van der Waals surface area contributed by atoms with Crippen LogP contribution in [0.25, 0.3) is 16.3 Å². The van der Waals surface area contributed by atoms with Gasteiger partial charge in [0, 0.05) is 5.39 Å². The van der Waals surface area contributed by atoms with Gasteiger partial charge in [0.25, 0.3) is 0 Å². The summed E-state index contributed by atoms with van der Waals surface area (Å²) in [5.74, 6) is 1.09. The molecule has 0 spiro atoms. The molecule has 2 heterocycles. The minimum atomic E-state index is -0.473. The maximum absolute atomic E-state index is 14.3. The number of aromatic nitrogens is 2. The molecule has 2 fully saturated rings. The zero-order chi connectivity index (χ0) is 20.9. The average molecular weight is 415 g/mol. The molecule has 2 aliphatic carbocycles. The van der Waals surface area contributed by atoms with E-state index in [-0.39, 0.29) is 11.7 Å². The van der Waals surface area contributed by atoms with Gasteiger partial charge in [-0.15, -0.1) is 0 Å². The van der Waals surface area contributed by atoms with E-state index in [9.17, 15) is 9.50 Å². The number of hydrogen-bond acceptors (Lipinski definition) is 2. The molecule has 3 nitrogen and oxygen atoms in total. The van der Waals surface area contributed by atoms with Crippen molar-refractivity contribution in [2.75, 3.05) is 0 Å². The smallest absolute Gasteiger partial charge is 0.131 e. The maximum Gasteiger partial charge on any atom is 0.131 e. The molecule has 4 heteroatoms. The number of nitrogens with zero attached hydrogens (tertiary/aromatic N) is 2. The molecule has 2 aliphatic rings. The van der Waals surface area contributed by atoms with Crippen LogP contribution >= 0.6 is 0 Å². The van der Waals surface area contributed by atoms with Crippen LogP contribution in [0.15, 0.2) is 61.1 Å². The van der Waals surface area contributed by atoms with Crippen LogP contribution in [0.4, 0.5) is 4.39 Å². The summed E-state index contributed by atoms with van der Waals surface area (Å²) in [6, 6.07) is 15.7. The Morgan fingerprint density at radius 3 is 2.29 bits per heavy atom. The second kappa shape index (κ2) is 7.45. The second-order valence-electron chi connectivity index (χ2n) is 9.38. The van der Waals surface area contributed by atoms with Crippen molar-refractivity contribution in [3.05, 3.63) is 83.7 Å². The number of benzene rings is 2. The predicted molar refractivity (Wildman–Crippen MR) is 121 cm³/mol. The highest BCUT2D eigenvalue weighted by Gasteiger charge is 2.34. The zero-order valence-corrected chi connectivity index (χ0v) is 17.5. The summed E-state index contributed by atoms with van der Waals surface area (Å²) in [6.45, 7) is 0. The van der Waals surface area contributed by atoms with Crippen molar-refractivity contribution in [3.8, 4) is 0 Å². The minimum absolute atomic E-state index is 0.149. The first kappa shape index (κ1) is 19.0. The SMILES string of the molecule is OC(c1c(C2CC2)ccc2cncn12)C1CCC(c2ccc(F)c3ccccc23)CC1. The maximum atomic E-state index is 14.3. The number of hydrogen-bond donors (Lipinski definition) is 1. The topological polar surface area (TPSA) is 37.5 Å². The van der Waals surface area contributed by atoms with E-state index in [1.807, 2.05) is 42.9 Å². The van der Waals surface area contributed by atoms with Crippen LogP contribution in [0.2, 0.25) is 0 Å². The van der Waals surface area contributed by atoms with Gasteiger partial charge >= 0.3 is 0 Å². The van der Waals surface area contributed by atoms with Crippen molar-refractivity contribution in [2.24, 2.45) is 5.92 Å². The van der Waals surface area contributed by atoms with Gasteiger partial charge in [-0.1, -0.05) is 36.4 Å².